The largest absolute Gasteiger partial charge is 0.444 e. The summed E-state index contributed by atoms with van der Waals surface area (Å²) in [5, 5.41) is 10.4. The summed E-state index contributed by atoms with van der Waals surface area (Å²) in [7, 11) is 0. The maximum absolute atomic E-state index is 12.1. The minimum atomic E-state index is -0.965. The van der Waals surface area contributed by atoms with Gasteiger partial charge in [0.15, 0.2) is 6.23 Å². The maximum atomic E-state index is 12.1. The van der Waals surface area contributed by atoms with Crippen molar-refractivity contribution >= 4 is 6.09 Å². The van der Waals surface area contributed by atoms with Gasteiger partial charge in [-0.1, -0.05) is 30.3 Å². The molecule has 1 aromatic carbocycles. The maximum Gasteiger partial charge on any atom is 0.412 e. The Morgan fingerprint density at radius 2 is 2.00 bits per heavy atom. The van der Waals surface area contributed by atoms with Crippen LogP contribution in [0.2, 0.25) is 0 Å². The molecule has 1 N–H and O–H groups in total. The van der Waals surface area contributed by atoms with Crippen LogP contribution in [0.15, 0.2) is 30.3 Å². The van der Waals surface area contributed by atoms with Crippen molar-refractivity contribution in [2.75, 3.05) is 6.54 Å². The lowest BCUT2D eigenvalue weighted by atomic mass is 10.1. The molecule has 0 radical (unpaired) electrons. The van der Waals surface area contributed by atoms with Crippen LogP contribution in [0.5, 0.6) is 0 Å². The van der Waals surface area contributed by atoms with Crippen LogP contribution in [0.25, 0.3) is 0 Å². The molecule has 5 nitrogen and oxygen atoms in total. The van der Waals surface area contributed by atoms with Gasteiger partial charge in [-0.2, -0.15) is 0 Å². The van der Waals surface area contributed by atoms with Gasteiger partial charge in [-0.25, -0.2) is 4.79 Å². The fourth-order valence-electron chi connectivity index (χ4n) is 2.41. The second kappa shape index (κ2) is 7.11. The third kappa shape index (κ3) is 4.71. The van der Waals surface area contributed by atoms with Crippen molar-refractivity contribution in [1.82, 2.24) is 4.90 Å². The van der Waals surface area contributed by atoms with E-state index in [4.69, 9.17) is 9.47 Å². The highest BCUT2D eigenvalue weighted by atomic mass is 16.6. The average molecular weight is 307 g/mol. The molecule has 1 amide bonds. The van der Waals surface area contributed by atoms with E-state index >= 15 is 0 Å². The van der Waals surface area contributed by atoms with Gasteiger partial charge in [0.2, 0.25) is 0 Å². The van der Waals surface area contributed by atoms with Gasteiger partial charge in [-0.15, -0.1) is 0 Å². The second-order valence-electron chi connectivity index (χ2n) is 6.56. The van der Waals surface area contributed by atoms with Gasteiger partial charge < -0.3 is 14.6 Å². The Kier molecular flexibility index (Phi) is 5.42. The van der Waals surface area contributed by atoms with Crippen LogP contribution < -0.4 is 0 Å². The topological polar surface area (TPSA) is 59.0 Å². The summed E-state index contributed by atoms with van der Waals surface area (Å²) in [4.78, 5) is 13.5. The van der Waals surface area contributed by atoms with Crippen molar-refractivity contribution < 1.29 is 19.4 Å². The van der Waals surface area contributed by atoms with Crippen LogP contribution in [-0.2, 0) is 16.1 Å². The van der Waals surface area contributed by atoms with E-state index in [1.54, 1.807) is 0 Å². The monoisotopic (exact) mass is 307 g/mol. The van der Waals surface area contributed by atoms with Crippen LogP contribution >= 0.6 is 0 Å². The number of hydrogen-bond donors (Lipinski definition) is 1. The minimum absolute atomic E-state index is 0.388. The molecule has 1 fully saturated rings. The third-order valence-electron chi connectivity index (χ3n) is 3.47. The van der Waals surface area contributed by atoms with Crippen LogP contribution in [0.4, 0.5) is 4.79 Å². The van der Waals surface area contributed by atoms with Crippen LogP contribution in [0.3, 0.4) is 0 Å². The van der Waals surface area contributed by atoms with Crippen molar-refractivity contribution in [2.45, 2.75) is 58.2 Å². The number of rotatable bonds is 3. The van der Waals surface area contributed by atoms with E-state index in [2.05, 4.69) is 0 Å². The number of aliphatic hydroxyl groups is 1. The smallest absolute Gasteiger partial charge is 0.412 e. The number of hydrogen-bond acceptors (Lipinski definition) is 4. The Hall–Kier alpha value is -1.59. The highest BCUT2D eigenvalue weighted by Crippen LogP contribution is 2.22. The highest BCUT2D eigenvalue weighted by Gasteiger charge is 2.35. The number of ether oxygens (including phenoxy) is 2. The third-order valence-corrected chi connectivity index (χ3v) is 3.47. The van der Waals surface area contributed by atoms with Crippen molar-refractivity contribution in [1.29, 1.82) is 0 Å². The second-order valence-corrected chi connectivity index (χ2v) is 6.56. The van der Waals surface area contributed by atoms with E-state index in [1.165, 1.54) is 4.90 Å². The normalized spacial score (nSPS) is 22.5. The highest BCUT2D eigenvalue weighted by molar-refractivity contribution is 5.68. The quantitative estimate of drug-likeness (QED) is 0.933. The van der Waals surface area contributed by atoms with Gasteiger partial charge in [0.05, 0.1) is 6.61 Å². The summed E-state index contributed by atoms with van der Waals surface area (Å²) in [6.45, 7) is 6.34. The Morgan fingerprint density at radius 1 is 1.32 bits per heavy atom. The Labute approximate surface area is 131 Å². The fraction of sp³-hybridized carbons (Fsp3) is 0.588. The van der Waals surface area contributed by atoms with E-state index in [9.17, 15) is 9.90 Å². The van der Waals surface area contributed by atoms with Crippen molar-refractivity contribution in [3.63, 3.8) is 0 Å². The number of nitrogens with zero attached hydrogens (tertiary/aromatic N) is 1. The van der Waals surface area contributed by atoms with Gasteiger partial charge in [0.1, 0.15) is 11.7 Å². The number of carbonyl (C=O) groups is 1. The van der Waals surface area contributed by atoms with Crippen molar-refractivity contribution in [2.24, 2.45) is 0 Å². The van der Waals surface area contributed by atoms with Crippen LogP contribution in [0, 0.1) is 0 Å². The number of aliphatic hydroxyl groups excluding tert-OH is 1. The van der Waals surface area contributed by atoms with Crippen molar-refractivity contribution in [3.05, 3.63) is 35.9 Å². The molecule has 1 aliphatic heterocycles. The lowest BCUT2D eigenvalue weighted by molar-refractivity contribution is -0.134. The van der Waals surface area contributed by atoms with Gasteiger partial charge in [-0.3, -0.25) is 4.90 Å². The molecule has 2 atom stereocenters. The summed E-state index contributed by atoms with van der Waals surface area (Å²) in [6, 6.07) is 9.79. The summed E-state index contributed by atoms with van der Waals surface area (Å²) in [5.41, 5.74) is 0.471. The first kappa shape index (κ1) is 16.8. The van der Waals surface area contributed by atoms with E-state index in [-0.39, 0.29) is 6.10 Å². The first-order chi connectivity index (χ1) is 10.4. The van der Waals surface area contributed by atoms with Gasteiger partial charge in [0.25, 0.3) is 0 Å². The zero-order chi connectivity index (χ0) is 16.2. The molecule has 1 unspecified atom stereocenters. The first-order valence-electron chi connectivity index (χ1n) is 7.70. The lowest BCUT2D eigenvalue weighted by Gasteiger charge is -2.38. The molecule has 0 saturated carbocycles. The number of likely N-dealkylation sites (tertiary alicyclic amines) is 1. The zero-order valence-electron chi connectivity index (χ0n) is 13.5. The molecule has 1 heterocycles. The molecule has 122 valence electrons. The predicted octanol–water partition coefficient (Wildman–Crippen LogP) is 2.92. The standard InChI is InChI=1S/C17H25NO4/c1-17(2,3)22-16(20)18-11-7-10-14(15(18)19)21-12-13-8-5-4-6-9-13/h4-6,8-9,14-15,19H,7,10-12H2,1-3H3/t14-,15?/m0/s1. The minimum Gasteiger partial charge on any atom is -0.444 e. The number of amides is 1. The molecule has 1 aromatic rings. The Morgan fingerprint density at radius 3 is 2.64 bits per heavy atom. The van der Waals surface area contributed by atoms with E-state index in [0.717, 1.165) is 18.4 Å². The molecule has 1 saturated heterocycles. The predicted molar refractivity (Wildman–Crippen MR) is 83.2 cm³/mol. The van der Waals surface area contributed by atoms with Crippen LogP contribution in [0.1, 0.15) is 39.2 Å². The Balaban J connectivity index is 1.92. The molecule has 2 rings (SSSR count). The molecular formula is C17H25NO4. The molecule has 0 spiro atoms. The number of piperidine rings is 1. The molecule has 0 aliphatic carbocycles. The molecule has 0 bridgehead atoms. The summed E-state index contributed by atoms with van der Waals surface area (Å²) < 4.78 is 11.1. The molecule has 0 aromatic heterocycles. The number of benzene rings is 1. The molecule has 22 heavy (non-hydrogen) atoms. The lowest BCUT2D eigenvalue weighted by Crippen LogP contribution is -2.53. The summed E-state index contributed by atoms with van der Waals surface area (Å²) in [6.07, 6.45) is -0.329. The summed E-state index contributed by atoms with van der Waals surface area (Å²) in [5.74, 6) is 0. The van der Waals surface area contributed by atoms with Gasteiger partial charge >= 0.3 is 6.09 Å². The SMILES string of the molecule is CC(C)(C)OC(=O)N1CCC[C@H](OCc2ccccc2)C1O. The fourth-order valence-corrected chi connectivity index (χ4v) is 2.41. The summed E-state index contributed by atoms with van der Waals surface area (Å²) >= 11 is 0. The van der Waals surface area contributed by atoms with E-state index in [1.807, 2.05) is 51.1 Å². The molecule has 1 aliphatic rings. The average Bonchev–Trinajstić information content (AvgIpc) is 2.45. The Bertz CT molecular complexity index is 483. The first-order valence-corrected chi connectivity index (χ1v) is 7.70. The van der Waals surface area contributed by atoms with E-state index < -0.39 is 17.9 Å². The van der Waals surface area contributed by atoms with E-state index in [0.29, 0.717) is 13.2 Å². The van der Waals surface area contributed by atoms with Gasteiger partial charge in [-0.05, 0) is 39.2 Å². The number of carbonyl (C=O) groups excluding carboxylic acids is 1. The van der Waals surface area contributed by atoms with Crippen LogP contribution in [-0.4, -0.2) is 40.6 Å². The molecule has 5 heteroatoms. The zero-order valence-corrected chi connectivity index (χ0v) is 13.5. The molecular weight excluding hydrogens is 282 g/mol. The van der Waals surface area contributed by atoms with Crippen molar-refractivity contribution in [3.8, 4) is 0 Å². The van der Waals surface area contributed by atoms with Gasteiger partial charge in [0, 0.05) is 6.54 Å².